The first-order chi connectivity index (χ1) is 32.0. The number of primary amides is 3. The van der Waals surface area contributed by atoms with E-state index in [1.165, 1.54) is 24.3 Å². The Bertz CT molecular complexity index is 2060. The van der Waals surface area contributed by atoms with Crippen LogP contribution in [0.3, 0.4) is 0 Å². The summed E-state index contributed by atoms with van der Waals surface area (Å²) in [7, 11) is 0. The Hall–Kier alpha value is -7.34. The van der Waals surface area contributed by atoms with E-state index >= 15 is 0 Å². The smallest absolute Gasteiger partial charge is 0.247 e. The lowest BCUT2D eigenvalue weighted by molar-refractivity contribution is -0.141. The Morgan fingerprint density at radius 3 is 1.93 bits per heavy atom. The van der Waals surface area contributed by atoms with Gasteiger partial charge in [0.2, 0.25) is 70.9 Å². The third-order valence-electron chi connectivity index (χ3n) is 11.2. The van der Waals surface area contributed by atoms with Crippen molar-refractivity contribution in [1.82, 2.24) is 47.4 Å². The molecular weight excluding hydrogens is 893 g/mol. The highest BCUT2D eigenvalue weighted by molar-refractivity contribution is 5.99. The third-order valence-corrected chi connectivity index (χ3v) is 11.2. The number of amides is 12. The molecule has 7 atom stereocenters. The molecule has 0 aromatic heterocycles. The molecule has 1 heterocycles. The average molecular weight is 957 g/mol. The van der Waals surface area contributed by atoms with Crippen LogP contribution in [0.25, 0.3) is 0 Å². The second-order valence-corrected chi connectivity index (χ2v) is 17.2. The molecule has 1 aliphatic carbocycles. The van der Waals surface area contributed by atoms with Gasteiger partial charge in [-0.1, -0.05) is 46.2 Å². The van der Waals surface area contributed by atoms with Gasteiger partial charge in [0.25, 0.3) is 0 Å². The van der Waals surface area contributed by atoms with Gasteiger partial charge in [0.15, 0.2) is 0 Å². The predicted octanol–water partition coefficient (Wildman–Crippen LogP) is -4.81. The maximum atomic E-state index is 14.4. The normalized spacial score (nSPS) is 22.0. The fourth-order valence-corrected chi connectivity index (χ4v) is 6.97. The standard InChI is InChI=1S/C43H64N12O13/c1-5-22(4)37-42(67)50-26(12-13-30(44)57)38(63)51-28(17-31(45)58)39(64)52-29(43(68)55(24-8-9-24)20-35(62)53-36(21(2)3)41(66)48-19-32(46)59)18-47-33(60)14-15-34(61)49-27(40(65)54-37)16-23-6-10-25(56)11-7-23/h6-7,10-11,21-22,24,26-29,36-37,56H,5,8-9,12-20H2,1-4H3,(H2,44,57)(H2,45,58)(H2,46,59)(H,47,60)(H,48,66)(H,49,61)(H,50,67)(H,51,63)(H,52,64)(H,53,62)(H,54,65)/t22-,26-,27-,28-,29-,36+,37-/m0/s1. The van der Waals surface area contributed by atoms with Crippen molar-refractivity contribution < 1.29 is 62.6 Å². The van der Waals surface area contributed by atoms with Crippen molar-refractivity contribution in [3.63, 3.8) is 0 Å². The van der Waals surface area contributed by atoms with E-state index in [1.807, 2.05) is 0 Å². The summed E-state index contributed by atoms with van der Waals surface area (Å²) in [5.41, 5.74) is 16.5. The highest BCUT2D eigenvalue weighted by Crippen LogP contribution is 2.27. The molecule has 15 N–H and O–H groups in total. The van der Waals surface area contributed by atoms with Gasteiger partial charge < -0.3 is 69.7 Å². The van der Waals surface area contributed by atoms with Crippen LogP contribution >= 0.6 is 0 Å². The molecule has 1 aromatic rings. The van der Waals surface area contributed by atoms with E-state index in [0.717, 1.165) is 4.90 Å². The Morgan fingerprint density at radius 2 is 1.35 bits per heavy atom. The number of carbonyl (C=O) groups excluding carboxylic acids is 12. The molecule has 3 rings (SSSR count). The molecule has 1 saturated heterocycles. The zero-order valence-electron chi connectivity index (χ0n) is 38.5. The van der Waals surface area contributed by atoms with E-state index in [1.54, 1.807) is 27.7 Å². The first kappa shape index (κ1) is 55.0. The molecule has 2 aliphatic rings. The highest BCUT2D eigenvalue weighted by atomic mass is 16.3. The number of rotatable bonds is 18. The van der Waals surface area contributed by atoms with Gasteiger partial charge in [-0.2, -0.15) is 0 Å². The summed E-state index contributed by atoms with van der Waals surface area (Å²) >= 11 is 0. The summed E-state index contributed by atoms with van der Waals surface area (Å²) in [5.74, 6) is -12.0. The summed E-state index contributed by atoms with van der Waals surface area (Å²) in [6.45, 7) is 4.80. The second kappa shape index (κ2) is 26.1. The molecule has 0 spiro atoms. The summed E-state index contributed by atoms with van der Waals surface area (Å²) in [5, 5.41) is 29.6. The van der Waals surface area contributed by atoms with Crippen LogP contribution < -0.4 is 59.7 Å². The number of benzene rings is 1. The van der Waals surface area contributed by atoms with Crippen LogP contribution in [0.15, 0.2) is 24.3 Å². The zero-order valence-corrected chi connectivity index (χ0v) is 38.5. The lowest BCUT2D eigenvalue weighted by Crippen LogP contribution is -2.62. The largest absolute Gasteiger partial charge is 0.508 e. The van der Waals surface area contributed by atoms with Gasteiger partial charge in [-0.05, 0) is 48.8 Å². The Kier molecular flexibility index (Phi) is 21.1. The van der Waals surface area contributed by atoms with Crippen molar-refractivity contribution in [2.75, 3.05) is 19.6 Å². The van der Waals surface area contributed by atoms with E-state index in [-0.39, 0.29) is 12.2 Å². The minimum Gasteiger partial charge on any atom is -0.508 e. The van der Waals surface area contributed by atoms with Crippen LogP contribution in [-0.4, -0.2) is 143 Å². The van der Waals surface area contributed by atoms with Gasteiger partial charge in [0.1, 0.15) is 42.0 Å². The fraction of sp³-hybridized carbons (Fsp3) is 0.581. The summed E-state index contributed by atoms with van der Waals surface area (Å²) < 4.78 is 0. The van der Waals surface area contributed by atoms with Crippen LogP contribution in [0, 0.1) is 11.8 Å². The van der Waals surface area contributed by atoms with E-state index < -0.39 is 177 Å². The lowest BCUT2D eigenvalue weighted by atomic mass is 9.96. The van der Waals surface area contributed by atoms with Crippen LogP contribution in [0.2, 0.25) is 0 Å². The quantitative estimate of drug-likeness (QED) is 0.0658. The molecule has 2 fully saturated rings. The number of phenols is 1. The first-order valence-electron chi connectivity index (χ1n) is 22.3. The monoisotopic (exact) mass is 956 g/mol. The molecule has 0 radical (unpaired) electrons. The SMILES string of the molecule is CC[C@H](C)[C@@H]1NC(=O)[C@H](Cc2ccc(O)cc2)NC(=O)CCC(=O)NC[C@@H](C(=O)N(CC(=O)N[C@@H](C(=O)NCC(N)=O)C(C)C)C2CC2)NC(=O)[C@H](CC(N)=O)NC(=O)[C@H](CCC(N)=O)NC1=O. The van der Waals surface area contributed by atoms with Crippen LogP contribution in [0.4, 0.5) is 0 Å². The zero-order chi connectivity index (χ0) is 50.8. The lowest BCUT2D eigenvalue weighted by Gasteiger charge is -2.30. The number of hydrogen-bond donors (Lipinski definition) is 12. The first-order valence-corrected chi connectivity index (χ1v) is 22.3. The topological polar surface area (TPSA) is 403 Å². The fourth-order valence-electron chi connectivity index (χ4n) is 6.97. The number of hydrogen-bond acceptors (Lipinski definition) is 13. The van der Waals surface area contributed by atoms with Crippen molar-refractivity contribution in [2.24, 2.45) is 29.0 Å². The number of nitrogens with zero attached hydrogens (tertiary/aromatic N) is 1. The Morgan fingerprint density at radius 1 is 0.750 bits per heavy atom. The van der Waals surface area contributed by atoms with Gasteiger partial charge in [-0.15, -0.1) is 0 Å². The minimum atomic E-state index is -1.83. The molecule has 12 amide bonds. The molecule has 1 saturated carbocycles. The maximum Gasteiger partial charge on any atom is 0.247 e. The second-order valence-electron chi connectivity index (χ2n) is 17.2. The molecule has 0 unspecified atom stereocenters. The van der Waals surface area contributed by atoms with Crippen molar-refractivity contribution in [1.29, 1.82) is 0 Å². The third kappa shape index (κ3) is 18.1. The van der Waals surface area contributed by atoms with E-state index in [2.05, 4.69) is 42.5 Å². The maximum absolute atomic E-state index is 14.4. The highest BCUT2D eigenvalue weighted by Gasteiger charge is 2.40. The van der Waals surface area contributed by atoms with Crippen LogP contribution in [0.5, 0.6) is 5.75 Å². The molecule has 25 heteroatoms. The molecule has 1 aliphatic heterocycles. The van der Waals surface area contributed by atoms with Crippen molar-refractivity contribution in [3.05, 3.63) is 29.8 Å². The van der Waals surface area contributed by atoms with Gasteiger partial charge in [0.05, 0.1) is 19.5 Å². The van der Waals surface area contributed by atoms with Crippen LogP contribution in [-0.2, 0) is 64.0 Å². The van der Waals surface area contributed by atoms with Crippen LogP contribution in [0.1, 0.15) is 84.6 Å². The number of nitrogens with two attached hydrogens (primary N) is 3. The minimum absolute atomic E-state index is 0.0662. The van der Waals surface area contributed by atoms with Gasteiger partial charge in [-0.25, -0.2) is 0 Å². The van der Waals surface area contributed by atoms with Crippen molar-refractivity contribution >= 4 is 70.9 Å². The summed E-state index contributed by atoms with van der Waals surface area (Å²) in [6.07, 6.45) is -1.68. The molecule has 0 bridgehead atoms. The number of aromatic hydroxyl groups is 1. The molecule has 374 valence electrons. The molecule has 25 nitrogen and oxygen atoms in total. The number of phenolic OH excluding ortho intramolecular Hbond substituents is 1. The van der Waals surface area contributed by atoms with Gasteiger partial charge >= 0.3 is 0 Å². The summed E-state index contributed by atoms with van der Waals surface area (Å²) in [4.78, 5) is 160. The van der Waals surface area contributed by atoms with E-state index in [0.29, 0.717) is 24.8 Å². The van der Waals surface area contributed by atoms with Gasteiger partial charge in [-0.3, -0.25) is 57.5 Å². The Balaban J connectivity index is 2.05. The molecular formula is C43H64N12O13. The number of nitrogens with one attached hydrogen (secondary N) is 8. The average Bonchev–Trinajstić information content (AvgIpc) is 4.12. The predicted molar refractivity (Wildman–Crippen MR) is 239 cm³/mol. The molecule has 1 aromatic carbocycles. The number of carbonyl (C=O) groups is 12. The van der Waals surface area contributed by atoms with E-state index in [4.69, 9.17) is 17.2 Å². The van der Waals surface area contributed by atoms with Crippen molar-refractivity contribution in [2.45, 2.75) is 128 Å². The van der Waals surface area contributed by atoms with Gasteiger partial charge in [0, 0.05) is 38.3 Å². The van der Waals surface area contributed by atoms with E-state index in [9.17, 15) is 62.6 Å². The Labute approximate surface area is 392 Å². The molecule has 68 heavy (non-hydrogen) atoms. The summed E-state index contributed by atoms with van der Waals surface area (Å²) in [6, 6.07) is -3.79. The van der Waals surface area contributed by atoms with Crippen molar-refractivity contribution in [3.8, 4) is 5.75 Å².